The van der Waals surface area contributed by atoms with Crippen LogP contribution in [0.25, 0.3) is 0 Å². The number of benzene rings is 2. The molecule has 5 nitrogen and oxygen atoms in total. The SMILES string of the molecule is Cc1cc(O)ccc1NC(=O)/C(C#N)=C\Nc1ccc(I)cc1. The highest BCUT2D eigenvalue weighted by molar-refractivity contribution is 14.1. The summed E-state index contributed by atoms with van der Waals surface area (Å²) in [6.45, 7) is 1.76. The Balaban J connectivity index is 2.10. The second kappa shape index (κ2) is 7.65. The number of halogens is 1. The second-order valence-electron chi connectivity index (χ2n) is 4.77. The summed E-state index contributed by atoms with van der Waals surface area (Å²) in [6.07, 6.45) is 1.37. The van der Waals surface area contributed by atoms with E-state index >= 15 is 0 Å². The van der Waals surface area contributed by atoms with E-state index in [-0.39, 0.29) is 11.3 Å². The van der Waals surface area contributed by atoms with Crippen LogP contribution in [0.15, 0.2) is 54.2 Å². The van der Waals surface area contributed by atoms with Gasteiger partial charge in [-0.15, -0.1) is 0 Å². The van der Waals surface area contributed by atoms with Crippen molar-refractivity contribution in [3.05, 3.63) is 63.4 Å². The molecule has 23 heavy (non-hydrogen) atoms. The number of carbonyl (C=O) groups excluding carboxylic acids is 1. The molecule has 2 rings (SSSR count). The predicted molar refractivity (Wildman–Crippen MR) is 98.0 cm³/mol. The van der Waals surface area contributed by atoms with Crippen LogP contribution >= 0.6 is 22.6 Å². The van der Waals surface area contributed by atoms with Gasteiger partial charge in [0.1, 0.15) is 17.4 Å². The average molecular weight is 419 g/mol. The first-order valence-corrected chi connectivity index (χ1v) is 7.81. The Hall–Kier alpha value is -2.53. The van der Waals surface area contributed by atoms with E-state index in [9.17, 15) is 9.90 Å². The predicted octanol–water partition coefficient (Wildman–Crippen LogP) is 3.76. The lowest BCUT2D eigenvalue weighted by molar-refractivity contribution is -0.112. The smallest absolute Gasteiger partial charge is 0.267 e. The minimum absolute atomic E-state index is 0.0453. The van der Waals surface area contributed by atoms with E-state index in [0.717, 1.165) is 9.26 Å². The monoisotopic (exact) mass is 419 g/mol. The van der Waals surface area contributed by atoms with Crippen molar-refractivity contribution in [3.63, 3.8) is 0 Å². The standard InChI is InChI=1S/C17H14IN3O2/c1-11-8-15(22)6-7-16(11)21-17(23)12(9-19)10-20-14-4-2-13(18)3-5-14/h2-8,10,20,22H,1H3,(H,21,23)/b12-10-. The molecule has 0 saturated carbocycles. The topological polar surface area (TPSA) is 85.2 Å². The number of anilines is 2. The van der Waals surface area contributed by atoms with Crippen LogP contribution in [-0.4, -0.2) is 11.0 Å². The highest BCUT2D eigenvalue weighted by atomic mass is 127. The molecule has 0 spiro atoms. The molecular weight excluding hydrogens is 405 g/mol. The summed E-state index contributed by atoms with van der Waals surface area (Å²) >= 11 is 2.20. The van der Waals surface area contributed by atoms with Crippen LogP contribution in [0.3, 0.4) is 0 Å². The molecule has 0 aliphatic rings. The third kappa shape index (κ3) is 4.72. The molecule has 6 heteroatoms. The highest BCUT2D eigenvalue weighted by Gasteiger charge is 2.10. The Morgan fingerprint density at radius 1 is 1.26 bits per heavy atom. The molecule has 0 atom stereocenters. The minimum Gasteiger partial charge on any atom is -0.508 e. The van der Waals surface area contributed by atoms with Crippen molar-refractivity contribution >= 4 is 39.9 Å². The van der Waals surface area contributed by atoms with E-state index in [1.54, 1.807) is 13.0 Å². The molecule has 2 aromatic rings. The van der Waals surface area contributed by atoms with Gasteiger partial charge in [-0.25, -0.2) is 0 Å². The molecule has 0 bridgehead atoms. The molecule has 0 aliphatic carbocycles. The van der Waals surface area contributed by atoms with Gasteiger partial charge in [-0.1, -0.05) is 0 Å². The summed E-state index contributed by atoms with van der Waals surface area (Å²) in [5.41, 5.74) is 1.99. The zero-order valence-corrected chi connectivity index (χ0v) is 14.5. The van der Waals surface area contributed by atoms with Crippen LogP contribution in [0.5, 0.6) is 5.75 Å². The fourth-order valence-electron chi connectivity index (χ4n) is 1.83. The summed E-state index contributed by atoms with van der Waals surface area (Å²) in [6, 6.07) is 14.0. The average Bonchev–Trinajstić information content (AvgIpc) is 2.52. The number of rotatable bonds is 4. The van der Waals surface area contributed by atoms with Crippen molar-refractivity contribution in [1.82, 2.24) is 0 Å². The lowest BCUT2D eigenvalue weighted by Gasteiger charge is -2.08. The van der Waals surface area contributed by atoms with Crippen LogP contribution < -0.4 is 10.6 Å². The summed E-state index contributed by atoms with van der Waals surface area (Å²) in [4.78, 5) is 12.2. The van der Waals surface area contributed by atoms with Crippen LogP contribution in [-0.2, 0) is 4.79 Å². The van der Waals surface area contributed by atoms with E-state index < -0.39 is 5.91 Å². The van der Waals surface area contributed by atoms with Crippen molar-refractivity contribution in [1.29, 1.82) is 5.26 Å². The molecule has 0 saturated heterocycles. The number of aryl methyl sites for hydroxylation is 1. The van der Waals surface area contributed by atoms with Gasteiger partial charge in [0, 0.05) is 21.1 Å². The third-order valence-corrected chi connectivity index (χ3v) is 3.77. The largest absolute Gasteiger partial charge is 0.508 e. The first-order valence-electron chi connectivity index (χ1n) is 6.73. The van der Waals surface area contributed by atoms with E-state index in [4.69, 9.17) is 5.26 Å². The number of phenols is 1. The fourth-order valence-corrected chi connectivity index (χ4v) is 2.19. The number of nitriles is 1. The summed E-state index contributed by atoms with van der Waals surface area (Å²) in [5.74, 6) is -0.392. The van der Waals surface area contributed by atoms with Gasteiger partial charge in [0.05, 0.1) is 0 Å². The molecule has 2 aromatic carbocycles. The van der Waals surface area contributed by atoms with Gasteiger partial charge in [-0.05, 0) is 77.5 Å². The maximum Gasteiger partial charge on any atom is 0.267 e. The second-order valence-corrected chi connectivity index (χ2v) is 6.02. The third-order valence-electron chi connectivity index (χ3n) is 3.05. The van der Waals surface area contributed by atoms with Crippen molar-refractivity contribution in [2.24, 2.45) is 0 Å². The van der Waals surface area contributed by atoms with E-state index in [2.05, 4.69) is 33.2 Å². The quantitative estimate of drug-likeness (QED) is 0.305. The Kier molecular flexibility index (Phi) is 5.60. The molecule has 0 heterocycles. The number of nitrogens with one attached hydrogen (secondary N) is 2. The molecule has 116 valence electrons. The van der Waals surface area contributed by atoms with Crippen LogP contribution in [0.1, 0.15) is 5.56 Å². The maximum absolute atomic E-state index is 12.2. The number of amides is 1. The number of carbonyl (C=O) groups is 1. The van der Waals surface area contributed by atoms with Gasteiger partial charge < -0.3 is 15.7 Å². The maximum atomic E-state index is 12.2. The summed E-state index contributed by atoms with van der Waals surface area (Å²) in [7, 11) is 0. The lowest BCUT2D eigenvalue weighted by Crippen LogP contribution is -2.15. The van der Waals surface area contributed by atoms with Gasteiger partial charge in [0.15, 0.2) is 0 Å². The zero-order chi connectivity index (χ0) is 16.8. The van der Waals surface area contributed by atoms with Gasteiger partial charge in [-0.3, -0.25) is 4.79 Å². The number of aromatic hydroxyl groups is 1. The van der Waals surface area contributed by atoms with Gasteiger partial charge in [-0.2, -0.15) is 5.26 Å². The lowest BCUT2D eigenvalue weighted by atomic mass is 10.2. The van der Waals surface area contributed by atoms with E-state index in [1.807, 2.05) is 30.3 Å². The molecular formula is C17H14IN3O2. The van der Waals surface area contributed by atoms with E-state index in [0.29, 0.717) is 11.3 Å². The van der Waals surface area contributed by atoms with Crippen molar-refractivity contribution in [2.75, 3.05) is 10.6 Å². The van der Waals surface area contributed by atoms with Gasteiger partial charge >= 0.3 is 0 Å². The van der Waals surface area contributed by atoms with Gasteiger partial charge in [0.2, 0.25) is 0 Å². The molecule has 3 N–H and O–H groups in total. The molecule has 0 radical (unpaired) electrons. The first kappa shape index (κ1) is 16.8. The van der Waals surface area contributed by atoms with Gasteiger partial charge in [0.25, 0.3) is 5.91 Å². The zero-order valence-electron chi connectivity index (χ0n) is 12.3. The summed E-state index contributed by atoms with van der Waals surface area (Å²) in [5, 5.41) is 24.1. The number of phenolic OH excluding ortho intramolecular Hbond substituents is 1. The molecule has 0 aromatic heterocycles. The van der Waals surface area contributed by atoms with Crippen molar-refractivity contribution in [2.45, 2.75) is 6.92 Å². The Bertz CT molecular complexity index is 792. The molecule has 0 aliphatic heterocycles. The van der Waals surface area contributed by atoms with Crippen LogP contribution in [0.4, 0.5) is 11.4 Å². The minimum atomic E-state index is -0.515. The Morgan fingerprint density at radius 2 is 1.96 bits per heavy atom. The molecule has 1 amide bonds. The molecule has 0 fully saturated rings. The first-order chi connectivity index (χ1) is 11.0. The van der Waals surface area contributed by atoms with Crippen molar-refractivity contribution < 1.29 is 9.90 Å². The number of nitrogens with zero attached hydrogens (tertiary/aromatic N) is 1. The van der Waals surface area contributed by atoms with E-state index in [1.165, 1.54) is 18.3 Å². The Labute approximate surface area is 147 Å². The normalized spacial score (nSPS) is 10.7. The Morgan fingerprint density at radius 3 is 2.57 bits per heavy atom. The van der Waals surface area contributed by atoms with Crippen LogP contribution in [0, 0.1) is 21.8 Å². The number of hydrogen-bond donors (Lipinski definition) is 3. The summed E-state index contributed by atoms with van der Waals surface area (Å²) < 4.78 is 1.10. The number of hydrogen-bond acceptors (Lipinski definition) is 4. The highest BCUT2D eigenvalue weighted by Crippen LogP contribution is 2.20. The fraction of sp³-hybridized carbons (Fsp3) is 0.0588. The van der Waals surface area contributed by atoms with Crippen molar-refractivity contribution in [3.8, 4) is 11.8 Å². The van der Waals surface area contributed by atoms with Crippen LogP contribution in [0.2, 0.25) is 0 Å². The molecule has 0 unspecified atom stereocenters.